The summed E-state index contributed by atoms with van der Waals surface area (Å²) in [5.74, 6) is 2.83. The quantitative estimate of drug-likeness (QED) is 0.445. The van der Waals surface area contributed by atoms with Gasteiger partial charge in [-0.05, 0) is 31.1 Å². The van der Waals surface area contributed by atoms with Gasteiger partial charge in [0, 0.05) is 26.6 Å². The maximum absolute atomic E-state index is 11.1. The number of carbonyl (C=O) groups excluding carboxylic acids is 2. The van der Waals surface area contributed by atoms with Crippen LogP contribution in [0.3, 0.4) is 0 Å². The number of hydrogen-bond donors (Lipinski definition) is 2. The van der Waals surface area contributed by atoms with Gasteiger partial charge >= 0.3 is 6.09 Å². The third-order valence-electron chi connectivity index (χ3n) is 5.58. The van der Waals surface area contributed by atoms with E-state index in [1.54, 1.807) is 7.05 Å². The summed E-state index contributed by atoms with van der Waals surface area (Å²) in [5.41, 5.74) is 0. The van der Waals surface area contributed by atoms with Crippen LogP contribution in [-0.4, -0.2) is 45.4 Å². The van der Waals surface area contributed by atoms with Crippen LogP contribution in [0.5, 0.6) is 0 Å². The van der Waals surface area contributed by atoms with Gasteiger partial charge in [0.2, 0.25) is 5.91 Å². The highest BCUT2D eigenvalue weighted by atomic mass is 16.6. The molecule has 0 bridgehead atoms. The zero-order chi connectivity index (χ0) is 23.2. The molecule has 2 amide bonds. The highest BCUT2D eigenvalue weighted by molar-refractivity contribution is 5.75. The lowest BCUT2D eigenvalue weighted by Gasteiger charge is -2.24. The summed E-state index contributed by atoms with van der Waals surface area (Å²) in [7, 11) is 1.63. The van der Waals surface area contributed by atoms with Crippen molar-refractivity contribution in [2.24, 2.45) is 17.8 Å². The zero-order valence-corrected chi connectivity index (χ0v) is 20.9. The molecule has 1 atom stereocenters. The third-order valence-corrected chi connectivity index (χ3v) is 5.58. The summed E-state index contributed by atoms with van der Waals surface area (Å²) in [6, 6.07) is 0. The second kappa shape index (κ2) is 22.4. The van der Waals surface area contributed by atoms with E-state index < -0.39 is 0 Å². The summed E-state index contributed by atoms with van der Waals surface area (Å²) < 4.78 is 9.92. The lowest BCUT2D eigenvalue weighted by atomic mass is 9.82. The van der Waals surface area contributed by atoms with Gasteiger partial charge in [-0.2, -0.15) is 0 Å². The Hall–Kier alpha value is -1.30. The van der Waals surface area contributed by atoms with Crippen LogP contribution < -0.4 is 10.6 Å². The standard InChI is InChI=1S/C11H23NO3.C9H18.C4H9NO/c1-4-10(3)6-7-12-11(13)15-9-8-14-5-2;1-3-9-6-4-8(2)5-7-9;1-3-4(6)5-2/h10H,4-9H2,1-3H3,(H,12,13);8-9H,3-7H2,1-2H3;3H2,1-2H3,(H,5,6). The number of nitrogens with one attached hydrogen (secondary N) is 2. The van der Waals surface area contributed by atoms with E-state index in [4.69, 9.17) is 9.47 Å². The van der Waals surface area contributed by atoms with Crippen LogP contribution >= 0.6 is 0 Å². The average Bonchev–Trinajstić information content (AvgIpc) is 2.77. The fourth-order valence-electron chi connectivity index (χ4n) is 2.93. The Morgan fingerprint density at radius 2 is 1.67 bits per heavy atom. The van der Waals surface area contributed by atoms with Gasteiger partial charge in [0.25, 0.3) is 0 Å². The van der Waals surface area contributed by atoms with Crippen molar-refractivity contribution in [3.05, 3.63) is 0 Å². The lowest BCUT2D eigenvalue weighted by Crippen LogP contribution is -2.27. The van der Waals surface area contributed by atoms with E-state index in [-0.39, 0.29) is 12.0 Å². The summed E-state index contributed by atoms with van der Waals surface area (Å²) in [6.45, 7) is 14.9. The van der Waals surface area contributed by atoms with Crippen molar-refractivity contribution in [3.63, 3.8) is 0 Å². The predicted molar refractivity (Wildman–Crippen MR) is 126 cm³/mol. The Bertz CT molecular complexity index is 391. The molecule has 1 fully saturated rings. The van der Waals surface area contributed by atoms with Gasteiger partial charge in [-0.15, -0.1) is 0 Å². The van der Waals surface area contributed by atoms with Crippen LogP contribution in [0.1, 0.15) is 92.9 Å². The van der Waals surface area contributed by atoms with Crippen molar-refractivity contribution < 1.29 is 19.1 Å². The number of hydrogen-bond acceptors (Lipinski definition) is 4. The third kappa shape index (κ3) is 21.4. The molecule has 1 unspecified atom stereocenters. The minimum Gasteiger partial charge on any atom is -0.447 e. The second-order valence-electron chi connectivity index (χ2n) is 8.12. The topological polar surface area (TPSA) is 76.7 Å². The van der Waals surface area contributed by atoms with Gasteiger partial charge in [0.15, 0.2) is 0 Å². The molecule has 1 aliphatic rings. The van der Waals surface area contributed by atoms with Gasteiger partial charge in [0.1, 0.15) is 6.61 Å². The Labute approximate surface area is 186 Å². The normalized spacial score (nSPS) is 18.6. The number of alkyl carbamates (subject to hydrolysis) is 1. The fourth-order valence-corrected chi connectivity index (χ4v) is 2.93. The fraction of sp³-hybridized carbons (Fsp3) is 0.917. The molecule has 1 rings (SSSR count). The summed E-state index contributed by atoms with van der Waals surface area (Å²) in [4.78, 5) is 21.2. The van der Waals surface area contributed by atoms with Crippen LogP contribution in [0.15, 0.2) is 0 Å². The SMILES string of the molecule is CCC(=O)NC.CCC1CCC(C)CC1.CCOCCOC(=O)NCCC(C)CC. The minimum atomic E-state index is -0.349. The Balaban J connectivity index is 0. The molecule has 0 aliphatic heterocycles. The first-order valence-corrected chi connectivity index (χ1v) is 12.0. The maximum Gasteiger partial charge on any atom is 0.407 e. The van der Waals surface area contributed by atoms with Crippen molar-refractivity contribution in [1.29, 1.82) is 0 Å². The molecule has 0 aromatic rings. The number of rotatable bonds is 10. The van der Waals surface area contributed by atoms with E-state index in [9.17, 15) is 9.59 Å². The van der Waals surface area contributed by atoms with Crippen LogP contribution in [-0.2, 0) is 14.3 Å². The summed E-state index contributed by atoms with van der Waals surface area (Å²) in [5, 5.41) is 5.18. The molecule has 6 heteroatoms. The molecule has 0 radical (unpaired) electrons. The first-order valence-electron chi connectivity index (χ1n) is 12.0. The van der Waals surface area contributed by atoms with Gasteiger partial charge < -0.3 is 20.1 Å². The van der Waals surface area contributed by atoms with Gasteiger partial charge in [-0.3, -0.25) is 4.79 Å². The second-order valence-corrected chi connectivity index (χ2v) is 8.12. The summed E-state index contributed by atoms with van der Waals surface area (Å²) in [6.07, 6.45) is 9.74. The predicted octanol–water partition coefficient (Wildman–Crippen LogP) is 5.55. The minimum absolute atomic E-state index is 0.0926. The van der Waals surface area contributed by atoms with E-state index in [1.807, 2.05) is 13.8 Å². The van der Waals surface area contributed by atoms with Crippen LogP contribution in [0.25, 0.3) is 0 Å². The Morgan fingerprint density at radius 1 is 1.03 bits per heavy atom. The molecular formula is C24H50N2O4. The molecule has 0 aromatic carbocycles. The molecule has 1 saturated carbocycles. The molecule has 0 aromatic heterocycles. The van der Waals surface area contributed by atoms with Crippen molar-refractivity contribution in [2.75, 3.05) is 33.4 Å². The molecule has 0 heterocycles. The van der Waals surface area contributed by atoms with Crippen molar-refractivity contribution in [3.8, 4) is 0 Å². The Kier molecular flexibility index (Phi) is 23.1. The van der Waals surface area contributed by atoms with E-state index in [2.05, 4.69) is 38.3 Å². The monoisotopic (exact) mass is 430 g/mol. The molecule has 180 valence electrons. The average molecular weight is 431 g/mol. The largest absolute Gasteiger partial charge is 0.447 e. The van der Waals surface area contributed by atoms with Crippen molar-refractivity contribution in [2.45, 2.75) is 92.9 Å². The molecule has 6 nitrogen and oxygen atoms in total. The number of ether oxygens (including phenoxy) is 2. The van der Waals surface area contributed by atoms with Crippen LogP contribution in [0, 0.1) is 17.8 Å². The first-order chi connectivity index (χ1) is 14.3. The van der Waals surface area contributed by atoms with Crippen LogP contribution in [0.2, 0.25) is 0 Å². The van der Waals surface area contributed by atoms with Crippen molar-refractivity contribution in [1.82, 2.24) is 10.6 Å². The van der Waals surface area contributed by atoms with E-state index >= 15 is 0 Å². The molecule has 0 spiro atoms. The van der Waals surface area contributed by atoms with Gasteiger partial charge in [-0.1, -0.05) is 73.1 Å². The molecular weight excluding hydrogens is 380 g/mol. The number of amides is 2. The maximum atomic E-state index is 11.1. The van der Waals surface area contributed by atoms with E-state index in [1.165, 1.54) is 32.1 Å². The highest BCUT2D eigenvalue weighted by Crippen LogP contribution is 2.29. The first kappa shape index (κ1) is 30.9. The summed E-state index contributed by atoms with van der Waals surface area (Å²) >= 11 is 0. The number of carbonyl (C=O) groups is 2. The van der Waals surface area contributed by atoms with Crippen molar-refractivity contribution >= 4 is 12.0 Å². The lowest BCUT2D eigenvalue weighted by molar-refractivity contribution is -0.120. The van der Waals surface area contributed by atoms with Crippen LogP contribution in [0.4, 0.5) is 4.79 Å². The molecule has 0 saturated heterocycles. The molecule has 1 aliphatic carbocycles. The molecule has 2 N–H and O–H groups in total. The smallest absolute Gasteiger partial charge is 0.407 e. The van der Waals surface area contributed by atoms with E-state index in [0.29, 0.717) is 38.7 Å². The Morgan fingerprint density at radius 3 is 2.10 bits per heavy atom. The van der Waals surface area contributed by atoms with E-state index in [0.717, 1.165) is 24.7 Å². The highest BCUT2D eigenvalue weighted by Gasteiger charge is 2.15. The molecule has 30 heavy (non-hydrogen) atoms. The zero-order valence-electron chi connectivity index (χ0n) is 20.9. The van der Waals surface area contributed by atoms with Gasteiger partial charge in [-0.25, -0.2) is 4.79 Å². The van der Waals surface area contributed by atoms with Gasteiger partial charge in [0.05, 0.1) is 6.61 Å².